The molecule has 2 rings (SSSR count). The smallest absolute Gasteiger partial charge is 0.321 e. The summed E-state index contributed by atoms with van der Waals surface area (Å²) in [4.78, 5) is 31.8. The number of sulfonamides is 1. The van der Waals surface area contributed by atoms with Crippen LogP contribution in [0, 0.1) is 20.2 Å². The Bertz CT molecular complexity index is 1050. The summed E-state index contributed by atoms with van der Waals surface area (Å²) in [5, 5.41) is 24.3. The van der Waals surface area contributed by atoms with E-state index >= 15 is 0 Å². The highest BCUT2D eigenvalue weighted by atomic mass is 32.2. The molecule has 2 N–H and O–H groups in total. The number of anilines is 1. The molecule has 0 aliphatic carbocycles. The van der Waals surface area contributed by atoms with Crippen LogP contribution in [0.3, 0.4) is 0 Å². The highest BCUT2D eigenvalue weighted by Gasteiger charge is 2.22. The molecule has 0 heterocycles. The normalized spacial score (nSPS) is 10.9. The molecule has 13 heteroatoms. The number of nitro benzene ring substituents is 2. The van der Waals surface area contributed by atoms with Crippen molar-refractivity contribution in [2.24, 2.45) is 0 Å². The minimum atomic E-state index is -4.21. The number of nitrogens with zero attached hydrogens (tertiary/aromatic N) is 2. The van der Waals surface area contributed by atoms with Crippen LogP contribution >= 0.6 is 0 Å². The zero-order valence-electron chi connectivity index (χ0n) is 15.0. The summed E-state index contributed by atoms with van der Waals surface area (Å²) in [5.41, 5.74) is -0.131. The third-order valence-corrected chi connectivity index (χ3v) is 5.07. The van der Waals surface area contributed by atoms with Crippen molar-refractivity contribution in [1.82, 2.24) is 4.72 Å². The monoisotopic (exact) mass is 424 g/mol. The Morgan fingerprint density at radius 2 is 1.83 bits per heavy atom. The summed E-state index contributed by atoms with van der Waals surface area (Å²) < 4.78 is 31.4. The maximum Gasteiger partial charge on any atom is 0.321 e. The Hall–Kier alpha value is -3.58. The van der Waals surface area contributed by atoms with E-state index < -0.39 is 43.0 Å². The van der Waals surface area contributed by atoms with Gasteiger partial charge in [-0.3, -0.25) is 25.0 Å². The molecule has 2 aromatic carbocycles. The van der Waals surface area contributed by atoms with Crippen molar-refractivity contribution in [2.75, 3.05) is 18.9 Å². The quantitative estimate of drug-likeness (QED) is 0.344. The number of hydrogen-bond acceptors (Lipinski definition) is 9. The van der Waals surface area contributed by atoms with Crippen molar-refractivity contribution < 1.29 is 27.8 Å². The van der Waals surface area contributed by atoms with E-state index in [-0.39, 0.29) is 18.0 Å². The molecule has 0 radical (unpaired) electrons. The lowest BCUT2D eigenvalue weighted by Crippen LogP contribution is -2.30. The third-order valence-electron chi connectivity index (χ3n) is 3.67. The zero-order chi connectivity index (χ0) is 21.6. The van der Waals surface area contributed by atoms with Gasteiger partial charge in [-0.15, -0.1) is 0 Å². The van der Waals surface area contributed by atoms with Gasteiger partial charge in [-0.25, -0.2) is 8.42 Å². The van der Waals surface area contributed by atoms with Crippen LogP contribution < -0.4 is 10.0 Å². The molecule has 2 aromatic rings. The van der Waals surface area contributed by atoms with E-state index in [1.165, 1.54) is 37.4 Å². The predicted octanol–water partition coefficient (Wildman–Crippen LogP) is 1.57. The fraction of sp³-hybridized carbons (Fsp3) is 0.188. The van der Waals surface area contributed by atoms with Crippen molar-refractivity contribution in [3.05, 3.63) is 68.3 Å². The van der Waals surface area contributed by atoms with E-state index in [0.717, 1.165) is 12.1 Å². The predicted molar refractivity (Wildman–Crippen MR) is 101 cm³/mol. The largest absolute Gasteiger partial charge is 0.460 e. The Labute approximate surface area is 164 Å². The Morgan fingerprint density at radius 1 is 1.10 bits per heavy atom. The van der Waals surface area contributed by atoms with Gasteiger partial charge in [-0.05, 0) is 17.7 Å². The molecule has 0 unspecified atom stereocenters. The van der Waals surface area contributed by atoms with Crippen LogP contribution in [0.4, 0.5) is 17.1 Å². The molecule has 0 aliphatic rings. The van der Waals surface area contributed by atoms with E-state index in [1.54, 1.807) is 0 Å². The number of nitro groups is 2. The summed E-state index contributed by atoms with van der Waals surface area (Å²) in [7, 11) is -2.76. The topological polar surface area (TPSA) is 171 Å². The molecule has 0 saturated heterocycles. The van der Waals surface area contributed by atoms with Gasteiger partial charge in [0.05, 0.1) is 14.7 Å². The summed E-state index contributed by atoms with van der Waals surface area (Å²) in [6.45, 7) is -1.01. The van der Waals surface area contributed by atoms with E-state index in [2.05, 4.69) is 5.32 Å². The number of hydrogen-bond donors (Lipinski definition) is 2. The van der Waals surface area contributed by atoms with Gasteiger partial charge in [0, 0.05) is 25.2 Å². The second-order valence-electron chi connectivity index (χ2n) is 5.60. The fourth-order valence-corrected chi connectivity index (χ4v) is 3.24. The number of non-ortho nitro benzene ring substituents is 1. The molecule has 12 nitrogen and oxygen atoms in total. The summed E-state index contributed by atoms with van der Waals surface area (Å²) in [5.74, 6) is -0.929. The molecule has 0 amide bonds. The Balaban J connectivity index is 2.00. The maximum absolute atomic E-state index is 12.3. The average molecular weight is 424 g/mol. The first kappa shape index (κ1) is 21.7. The standard InChI is InChI=1S/C16H16N4O8S/c1-17-14-6-5-13(8-15(14)20(24)25)29(26,27)18-9-16(21)28-10-11-3-2-4-12(7-11)19(22)23/h2-8,17-18H,9-10H2,1H3. The molecular formula is C16H16N4O8S. The molecule has 0 spiro atoms. The first-order valence-corrected chi connectivity index (χ1v) is 9.47. The molecule has 0 saturated carbocycles. The fourth-order valence-electron chi connectivity index (χ4n) is 2.25. The molecular weight excluding hydrogens is 408 g/mol. The number of ether oxygens (including phenoxy) is 1. The van der Waals surface area contributed by atoms with Crippen molar-refractivity contribution >= 4 is 33.1 Å². The Morgan fingerprint density at radius 3 is 2.45 bits per heavy atom. The minimum absolute atomic E-state index is 0.130. The molecule has 0 aromatic heterocycles. The molecule has 0 aliphatic heterocycles. The van der Waals surface area contributed by atoms with E-state index in [9.17, 15) is 33.4 Å². The van der Waals surface area contributed by atoms with Gasteiger partial charge < -0.3 is 10.1 Å². The number of esters is 1. The Kier molecular flexibility index (Phi) is 6.80. The van der Waals surface area contributed by atoms with Crippen molar-refractivity contribution in [3.63, 3.8) is 0 Å². The van der Waals surface area contributed by atoms with Gasteiger partial charge >= 0.3 is 5.97 Å². The van der Waals surface area contributed by atoms with Gasteiger partial charge in [0.25, 0.3) is 11.4 Å². The minimum Gasteiger partial charge on any atom is -0.460 e. The van der Waals surface area contributed by atoms with E-state index in [4.69, 9.17) is 4.74 Å². The first-order chi connectivity index (χ1) is 13.6. The van der Waals surface area contributed by atoms with E-state index in [0.29, 0.717) is 5.56 Å². The number of carbonyl (C=O) groups excluding carboxylic acids is 1. The average Bonchev–Trinajstić information content (AvgIpc) is 2.70. The molecule has 154 valence electrons. The van der Waals surface area contributed by atoms with Crippen LogP contribution in [-0.2, 0) is 26.2 Å². The van der Waals surface area contributed by atoms with Gasteiger partial charge in [-0.1, -0.05) is 12.1 Å². The maximum atomic E-state index is 12.3. The number of carbonyl (C=O) groups is 1. The van der Waals surface area contributed by atoms with Crippen LogP contribution in [0.15, 0.2) is 47.4 Å². The SMILES string of the molecule is CNc1ccc(S(=O)(=O)NCC(=O)OCc2cccc([N+](=O)[O-])c2)cc1[N+](=O)[O-]. The van der Waals surface area contributed by atoms with Gasteiger partial charge in [0.15, 0.2) is 0 Å². The number of benzene rings is 2. The second-order valence-corrected chi connectivity index (χ2v) is 7.37. The van der Waals surface area contributed by atoms with Crippen molar-refractivity contribution in [3.8, 4) is 0 Å². The lowest BCUT2D eigenvalue weighted by atomic mass is 10.2. The van der Waals surface area contributed by atoms with Gasteiger partial charge in [0.2, 0.25) is 10.0 Å². The van der Waals surface area contributed by atoms with Crippen LogP contribution in [0.1, 0.15) is 5.56 Å². The molecule has 29 heavy (non-hydrogen) atoms. The second kappa shape index (κ2) is 9.07. The lowest BCUT2D eigenvalue weighted by Gasteiger charge is -2.09. The number of nitrogens with one attached hydrogen (secondary N) is 2. The molecule has 0 atom stereocenters. The highest BCUT2D eigenvalue weighted by molar-refractivity contribution is 7.89. The van der Waals surface area contributed by atoms with Gasteiger partial charge in [0.1, 0.15) is 18.8 Å². The first-order valence-electron chi connectivity index (χ1n) is 7.99. The summed E-state index contributed by atoms with van der Waals surface area (Å²) in [6, 6.07) is 8.67. The van der Waals surface area contributed by atoms with Crippen LogP contribution in [0.5, 0.6) is 0 Å². The van der Waals surface area contributed by atoms with Crippen LogP contribution in [-0.4, -0.2) is 37.8 Å². The molecule has 0 fully saturated rings. The van der Waals surface area contributed by atoms with Gasteiger partial charge in [-0.2, -0.15) is 4.72 Å². The lowest BCUT2D eigenvalue weighted by molar-refractivity contribution is -0.385. The molecule has 0 bridgehead atoms. The third kappa shape index (κ3) is 5.70. The van der Waals surface area contributed by atoms with Crippen molar-refractivity contribution in [2.45, 2.75) is 11.5 Å². The summed E-state index contributed by atoms with van der Waals surface area (Å²) >= 11 is 0. The van der Waals surface area contributed by atoms with Crippen LogP contribution in [0.25, 0.3) is 0 Å². The number of rotatable bonds is 9. The summed E-state index contributed by atoms with van der Waals surface area (Å²) in [6.07, 6.45) is 0. The van der Waals surface area contributed by atoms with Crippen LogP contribution in [0.2, 0.25) is 0 Å². The van der Waals surface area contributed by atoms with E-state index in [1.807, 2.05) is 4.72 Å². The highest BCUT2D eigenvalue weighted by Crippen LogP contribution is 2.27. The zero-order valence-corrected chi connectivity index (χ0v) is 15.8. The van der Waals surface area contributed by atoms with Crippen molar-refractivity contribution in [1.29, 1.82) is 0 Å².